The van der Waals surface area contributed by atoms with Gasteiger partial charge in [-0.05, 0) is 280 Å². The SMILES string of the molecule is c1ccc(-c2c(-c3ccccc3)c(-c3ccccc3)c(-c3cccc(-c4c5ccccc5c(-c5cccc(-c6ccc7ccccc7n6)c5)c5ccccc45)c3)c(-c3ccccc3)c2-c2ccc(-c3cccc4c(-c5cccc(-c6c7ccccc7c(-c7cccc(-c8c(-c9ccccc9)c(-c9ccccc9)c(-c9ccccc9)c(-c9ccccc9)c8-c8ccccc8)c7)c7ccccc67)c5)cncc34)cc2)cc1. The predicted molar refractivity (Wildman–Crippen MR) is 610 cm³/mol. The molecule has 0 amide bonds. The summed E-state index contributed by atoms with van der Waals surface area (Å²) in [6.45, 7) is 0. The molecule has 670 valence electrons. The molecule has 0 spiro atoms. The zero-order chi connectivity index (χ0) is 95.3. The lowest BCUT2D eigenvalue weighted by atomic mass is 9.74. The number of rotatable bonds is 19. The number of aromatic nitrogens is 2. The van der Waals surface area contributed by atoms with Gasteiger partial charge in [0, 0.05) is 34.3 Å². The molecule has 26 rings (SSSR count). The molecule has 144 heavy (non-hydrogen) atoms. The molecular formula is C142H92N2. The highest BCUT2D eigenvalue weighted by Gasteiger charge is 2.34. The minimum Gasteiger partial charge on any atom is -0.263 e. The van der Waals surface area contributed by atoms with Crippen molar-refractivity contribution >= 4 is 64.8 Å². The summed E-state index contributed by atoms with van der Waals surface area (Å²) >= 11 is 0. The fourth-order valence-electron chi connectivity index (χ4n) is 23.0. The van der Waals surface area contributed by atoms with Crippen molar-refractivity contribution in [2.45, 2.75) is 0 Å². The average molecular weight is 1830 g/mol. The Hall–Kier alpha value is -18.9. The zero-order valence-electron chi connectivity index (χ0n) is 79.0. The molecule has 26 aromatic rings. The molecule has 2 heterocycles. The molecule has 2 heteroatoms. The van der Waals surface area contributed by atoms with E-state index in [0.29, 0.717) is 0 Å². The third kappa shape index (κ3) is 15.2. The van der Waals surface area contributed by atoms with Crippen LogP contribution in [-0.2, 0) is 0 Å². The van der Waals surface area contributed by atoms with Crippen molar-refractivity contribution in [1.82, 2.24) is 9.97 Å². The largest absolute Gasteiger partial charge is 0.263 e. The van der Waals surface area contributed by atoms with E-state index in [1.165, 1.54) is 98.7 Å². The van der Waals surface area contributed by atoms with Gasteiger partial charge in [0.05, 0.1) is 11.2 Å². The van der Waals surface area contributed by atoms with Crippen LogP contribution >= 0.6 is 0 Å². The van der Waals surface area contributed by atoms with Gasteiger partial charge in [-0.25, -0.2) is 4.98 Å². The van der Waals surface area contributed by atoms with Crippen LogP contribution in [0.5, 0.6) is 0 Å². The number of fused-ring (bicyclic) bond motifs is 6. The van der Waals surface area contributed by atoms with E-state index in [2.05, 4.69) is 558 Å². The van der Waals surface area contributed by atoms with Crippen LogP contribution in [-0.4, -0.2) is 9.97 Å². The molecule has 0 atom stereocenters. The van der Waals surface area contributed by atoms with E-state index in [1.807, 2.05) is 0 Å². The predicted octanol–water partition coefficient (Wildman–Crippen LogP) is 39.1. The molecule has 0 aliphatic carbocycles. The van der Waals surface area contributed by atoms with Crippen molar-refractivity contribution in [3.63, 3.8) is 0 Å². The Morgan fingerprint density at radius 3 is 0.639 bits per heavy atom. The average Bonchev–Trinajstić information content (AvgIpc) is 0.705. The number of benzene rings is 24. The maximum absolute atomic E-state index is 5.21. The van der Waals surface area contributed by atoms with E-state index in [0.717, 1.165) is 178 Å². The van der Waals surface area contributed by atoms with Crippen molar-refractivity contribution in [2.24, 2.45) is 0 Å². The van der Waals surface area contributed by atoms with Gasteiger partial charge in [-0.15, -0.1) is 0 Å². The highest BCUT2D eigenvalue weighted by molar-refractivity contribution is 6.25. The van der Waals surface area contributed by atoms with E-state index < -0.39 is 0 Å². The van der Waals surface area contributed by atoms with Crippen LogP contribution in [0.1, 0.15) is 0 Å². The summed E-state index contributed by atoms with van der Waals surface area (Å²) in [4.78, 5) is 10.4. The van der Waals surface area contributed by atoms with Crippen LogP contribution in [0.15, 0.2) is 558 Å². The minimum atomic E-state index is 0.945. The fourth-order valence-corrected chi connectivity index (χ4v) is 23.0. The van der Waals surface area contributed by atoms with Crippen molar-refractivity contribution in [2.75, 3.05) is 0 Å². The van der Waals surface area contributed by atoms with Crippen molar-refractivity contribution in [3.8, 4) is 212 Å². The van der Waals surface area contributed by atoms with Crippen LogP contribution in [0, 0.1) is 0 Å². The Morgan fingerprint density at radius 2 is 0.326 bits per heavy atom. The second-order valence-electron chi connectivity index (χ2n) is 37.4. The first-order valence-electron chi connectivity index (χ1n) is 49.6. The van der Waals surface area contributed by atoms with Gasteiger partial charge in [0.1, 0.15) is 0 Å². The van der Waals surface area contributed by atoms with Crippen molar-refractivity contribution in [3.05, 3.63) is 558 Å². The lowest BCUT2D eigenvalue weighted by molar-refractivity contribution is 1.36. The minimum absolute atomic E-state index is 0.945. The van der Waals surface area contributed by atoms with Gasteiger partial charge >= 0.3 is 0 Å². The van der Waals surface area contributed by atoms with E-state index >= 15 is 0 Å². The molecule has 0 aliphatic heterocycles. The van der Waals surface area contributed by atoms with E-state index in [-0.39, 0.29) is 0 Å². The summed E-state index contributed by atoms with van der Waals surface area (Å²) < 4.78 is 0. The van der Waals surface area contributed by atoms with Crippen LogP contribution in [0.25, 0.3) is 276 Å². The highest BCUT2D eigenvalue weighted by Crippen LogP contribution is 2.61. The van der Waals surface area contributed by atoms with Crippen LogP contribution in [0.3, 0.4) is 0 Å². The quantitative estimate of drug-likeness (QED) is 0.0754. The molecule has 0 fully saturated rings. The van der Waals surface area contributed by atoms with Crippen molar-refractivity contribution < 1.29 is 0 Å². The van der Waals surface area contributed by atoms with Crippen LogP contribution in [0.4, 0.5) is 0 Å². The molecule has 0 unspecified atom stereocenters. The molecule has 0 N–H and O–H groups in total. The van der Waals surface area contributed by atoms with Gasteiger partial charge in [-0.3, -0.25) is 4.98 Å². The summed E-state index contributed by atoms with van der Waals surface area (Å²) in [6.07, 6.45) is 4.13. The molecule has 0 bridgehead atoms. The first kappa shape index (κ1) is 85.6. The first-order chi connectivity index (χ1) is 71.5. The van der Waals surface area contributed by atoms with Crippen molar-refractivity contribution in [1.29, 1.82) is 0 Å². The third-order valence-electron chi connectivity index (χ3n) is 29.1. The van der Waals surface area contributed by atoms with Gasteiger partial charge < -0.3 is 0 Å². The Kier molecular flexibility index (Phi) is 22.1. The van der Waals surface area contributed by atoms with E-state index in [1.54, 1.807) is 0 Å². The summed E-state index contributed by atoms with van der Waals surface area (Å²) in [5.41, 5.74) is 44.0. The summed E-state index contributed by atoms with van der Waals surface area (Å²) in [5.74, 6) is 0. The molecule has 24 aromatic carbocycles. The number of nitrogens with zero attached hydrogens (tertiary/aromatic N) is 2. The second kappa shape index (κ2) is 37.1. The Morgan fingerprint density at radius 1 is 0.111 bits per heavy atom. The van der Waals surface area contributed by atoms with Gasteiger partial charge in [-0.2, -0.15) is 0 Å². The first-order valence-corrected chi connectivity index (χ1v) is 49.6. The highest BCUT2D eigenvalue weighted by atomic mass is 14.7. The number of pyridine rings is 2. The van der Waals surface area contributed by atoms with Gasteiger partial charge in [0.2, 0.25) is 0 Å². The maximum Gasteiger partial charge on any atom is 0.0709 e. The summed E-state index contributed by atoms with van der Waals surface area (Å²) in [5, 5.41) is 12.7. The zero-order valence-corrected chi connectivity index (χ0v) is 79.0. The van der Waals surface area contributed by atoms with E-state index in [9.17, 15) is 0 Å². The molecule has 0 radical (unpaired) electrons. The maximum atomic E-state index is 5.21. The topological polar surface area (TPSA) is 25.8 Å². The molecule has 0 aliphatic rings. The molecular weight excluding hydrogens is 1730 g/mol. The normalized spacial score (nSPS) is 11.5. The third-order valence-corrected chi connectivity index (χ3v) is 29.1. The Labute approximate surface area is 838 Å². The molecule has 0 saturated heterocycles. The number of para-hydroxylation sites is 1. The molecule has 0 saturated carbocycles. The number of hydrogen-bond acceptors (Lipinski definition) is 2. The lowest BCUT2D eigenvalue weighted by Crippen LogP contribution is -2.02. The van der Waals surface area contributed by atoms with Crippen LogP contribution in [0.2, 0.25) is 0 Å². The Bertz CT molecular complexity index is 9200. The van der Waals surface area contributed by atoms with Gasteiger partial charge in [0.25, 0.3) is 0 Å². The van der Waals surface area contributed by atoms with Crippen LogP contribution < -0.4 is 0 Å². The second-order valence-corrected chi connectivity index (χ2v) is 37.4. The number of hydrogen-bond donors (Lipinski definition) is 0. The standard InChI is InChI=1S/C142H92N2/c1-10-44-95(45-11-1)131-132(96-46-12-2-13-47-96)136(100-54-20-6-21-55-100)141(137(101-56-22-7-23-57-101)133(131)97-48-14-3-15-49-97)111-68-40-66-109(89-111)129-119-74-33-29-70-115(119)127(116-71-30-34-75-120(116)129)107-64-38-62-105(87-107)123-91-143-92-124-113(78-42-79-114(123)124)93-81-83-104(84-82-93)140-135(99-52-18-5-19-53-99)134(98-50-16-4-17-51-98)138(102-58-24-8-25-59-102)142(139(140)103-60-26-9-27-61-103)112-69-41-67-110(90-112)130-121-76-35-31-72-117(121)128(118-73-32-36-77-122(118)130)108-65-39-63-106(88-108)126-86-85-94-43-28-37-80-125(94)144-126/h1-92H. The summed E-state index contributed by atoms with van der Waals surface area (Å²) in [7, 11) is 0. The summed E-state index contributed by atoms with van der Waals surface area (Å²) in [6, 6.07) is 202. The molecule has 2 aromatic heterocycles. The smallest absolute Gasteiger partial charge is 0.0709 e. The Balaban J connectivity index is 0.619. The van der Waals surface area contributed by atoms with Gasteiger partial charge in [0.15, 0.2) is 0 Å². The molecule has 2 nitrogen and oxygen atoms in total. The fraction of sp³-hybridized carbons (Fsp3) is 0. The monoisotopic (exact) mass is 1820 g/mol. The lowest BCUT2D eigenvalue weighted by Gasteiger charge is -2.29. The van der Waals surface area contributed by atoms with E-state index in [4.69, 9.17) is 9.97 Å². The van der Waals surface area contributed by atoms with Gasteiger partial charge in [-0.1, -0.05) is 510 Å².